The average Bonchev–Trinajstić information content (AvgIpc) is 2.02. The Bertz CT molecular complexity index is 484. The summed E-state index contributed by atoms with van der Waals surface area (Å²) in [5, 5.41) is 19.2. The van der Waals surface area contributed by atoms with Crippen molar-refractivity contribution in [2.24, 2.45) is 0 Å². The Balaban J connectivity index is 0.00000196. The predicted octanol–water partition coefficient (Wildman–Crippen LogP) is -0.101. The molecule has 0 radical (unpaired) electrons. The number of non-ortho nitro benzene ring substituents is 1. The zero-order chi connectivity index (χ0) is 10.9. The van der Waals surface area contributed by atoms with Crippen molar-refractivity contribution < 1.29 is 23.0 Å². The molecule has 15 heavy (non-hydrogen) atoms. The predicted molar refractivity (Wildman–Crippen MR) is 51.7 cm³/mol. The van der Waals surface area contributed by atoms with Gasteiger partial charge in [-0.3, -0.25) is 14.7 Å². The monoisotopic (exact) mass is 243 g/mol. The topological polar surface area (TPSA) is 118 Å². The van der Waals surface area contributed by atoms with Gasteiger partial charge in [0.2, 0.25) is 0 Å². The van der Waals surface area contributed by atoms with Crippen LogP contribution in [-0.2, 0) is 10.1 Å². The van der Waals surface area contributed by atoms with E-state index >= 15 is 0 Å². The number of nitro benzene ring substituents is 1. The van der Waals surface area contributed by atoms with Crippen LogP contribution in [0.4, 0.5) is 5.69 Å². The van der Waals surface area contributed by atoms with Gasteiger partial charge in [0.1, 0.15) is 10.6 Å². The van der Waals surface area contributed by atoms with Crippen LogP contribution in [-0.4, -0.2) is 52.6 Å². The van der Waals surface area contributed by atoms with E-state index in [2.05, 4.69) is 0 Å². The summed E-state index contributed by atoms with van der Waals surface area (Å²) in [6.07, 6.45) is 0. The van der Waals surface area contributed by atoms with Gasteiger partial charge < -0.3 is 5.11 Å². The Kier molecular flexibility index (Phi) is 4.68. The summed E-state index contributed by atoms with van der Waals surface area (Å²) in [4.78, 5) is 8.52. The molecule has 0 aromatic heterocycles. The number of nitrogens with zero attached hydrogens (tertiary/aromatic N) is 1. The molecular formula is C6H6NNaO6S. The van der Waals surface area contributed by atoms with Crippen molar-refractivity contribution in [3.05, 3.63) is 28.3 Å². The van der Waals surface area contributed by atoms with Gasteiger partial charge in [0.15, 0.2) is 0 Å². The summed E-state index contributed by atoms with van der Waals surface area (Å²) in [6, 6.07) is 2.32. The number of aromatic hydroxyl groups is 1. The van der Waals surface area contributed by atoms with Crippen molar-refractivity contribution in [3.63, 3.8) is 0 Å². The van der Waals surface area contributed by atoms with Gasteiger partial charge in [0.25, 0.3) is 15.8 Å². The second-order valence-corrected chi connectivity index (χ2v) is 3.77. The molecule has 7 nitrogen and oxygen atoms in total. The number of hydrogen-bond donors (Lipinski definition) is 2. The van der Waals surface area contributed by atoms with E-state index in [-0.39, 0.29) is 29.6 Å². The zero-order valence-corrected chi connectivity index (χ0v) is 7.43. The molecular weight excluding hydrogens is 237 g/mol. The first-order valence-corrected chi connectivity index (χ1v) is 4.71. The molecule has 1 rings (SSSR count). The van der Waals surface area contributed by atoms with Crippen LogP contribution in [0.3, 0.4) is 0 Å². The second-order valence-electron chi connectivity index (χ2n) is 2.38. The number of benzene rings is 1. The molecule has 9 heteroatoms. The molecule has 0 saturated carbocycles. The van der Waals surface area contributed by atoms with Crippen LogP contribution < -0.4 is 0 Å². The normalized spacial score (nSPS) is 10.5. The summed E-state index contributed by atoms with van der Waals surface area (Å²) < 4.78 is 29.8. The molecule has 0 fully saturated rings. The fourth-order valence-corrected chi connectivity index (χ4v) is 1.42. The minimum absolute atomic E-state index is 0. The number of phenolic OH excluding ortho intramolecular Hbond substituents is 1. The summed E-state index contributed by atoms with van der Waals surface area (Å²) in [7, 11) is -4.64. The van der Waals surface area contributed by atoms with Gasteiger partial charge in [-0.05, 0) is 6.07 Å². The molecule has 78 valence electrons. The molecule has 0 aliphatic heterocycles. The minimum atomic E-state index is -4.64. The molecule has 0 aliphatic rings. The van der Waals surface area contributed by atoms with Crippen LogP contribution in [0, 0.1) is 10.1 Å². The van der Waals surface area contributed by atoms with Gasteiger partial charge in [-0.15, -0.1) is 0 Å². The third-order valence-electron chi connectivity index (χ3n) is 1.43. The molecule has 0 bridgehead atoms. The molecule has 0 unspecified atom stereocenters. The van der Waals surface area contributed by atoms with Crippen LogP contribution in [0.1, 0.15) is 0 Å². The summed E-state index contributed by atoms with van der Waals surface area (Å²) >= 11 is 0. The molecule has 1 aromatic carbocycles. The molecule has 0 amide bonds. The Morgan fingerprint density at radius 1 is 1.33 bits per heavy atom. The van der Waals surface area contributed by atoms with Gasteiger partial charge in [-0.1, -0.05) is 0 Å². The van der Waals surface area contributed by atoms with E-state index in [1.165, 1.54) is 0 Å². The Morgan fingerprint density at radius 2 is 1.87 bits per heavy atom. The first-order chi connectivity index (χ1) is 6.32. The summed E-state index contributed by atoms with van der Waals surface area (Å²) in [6.45, 7) is 0. The standard InChI is InChI=1S/C6H5NO6S.Na.H/c8-5-2-1-4(7(9)10)3-6(5)14(11,12)13;;/h1-3,8H,(H,11,12,13);;. The second kappa shape index (κ2) is 4.90. The quantitative estimate of drug-likeness (QED) is 0.324. The molecule has 0 atom stereocenters. The fourth-order valence-electron chi connectivity index (χ4n) is 0.823. The number of nitro groups is 1. The van der Waals surface area contributed by atoms with Gasteiger partial charge >= 0.3 is 29.6 Å². The van der Waals surface area contributed by atoms with E-state index in [4.69, 9.17) is 9.66 Å². The van der Waals surface area contributed by atoms with E-state index in [1.807, 2.05) is 0 Å². The van der Waals surface area contributed by atoms with Crippen molar-refractivity contribution in [2.75, 3.05) is 0 Å². The first-order valence-electron chi connectivity index (χ1n) is 3.27. The Hall–Kier alpha value is -0.670. The number of rotatable bonds is 2. The summed E-state index contributed by atoms with van der Waals surface area (Å²) in [5.74, 6) is -0.738. The van der Waals surface area contributed by atoms with Gasteiger partial charge in [-0.2, -0.15) is 8.42 Å². The van der Waals surface area contributed by atoms with Crippen LogP contribution in [0.25, 0.3) is 0 Å². The van der Waals surface area contributed by atoms with Crippen molar-refractivity contribution in [3.8, 4) is 5.75 Å². The molecule has 0 saturated heterocycles. The molecule has 0 heterocycles. The molecule has 1 aromatic rings. The van der Waals surface area contributed by atoms with Crippen molar-refractivity contribution in [1.82, 2.24) is 0 Å². The first kappa shape index (κ1) is 14.3. The van der Waals surface area contributed by atoms with Crippen molar-refractivity contribution >= 4 is 45.4 Å². The third-order valence-corrected chi connectivity index (χ3v) is 2.31. The number of phenols is 1. The van der Waals surface area contributed by atoms with E-state index in [0.717, 1.165) is 12.1 Å². The van der Waals surface area contributed by atoms with Crippen LogP contribution in [0.5, 0.6) is 5.75 Å². The molecule has 2 N–H and O–H groups in total. The Labute approximate surface area is 107 Å². The van der Waals surface area contributed by atoms with E-state index in [0.29, 0.717) is 6.07 Å². The third kappa shape index (κ3) is 3.43. The van der Waals surface area contributed by atoms with Crippen molar-refractivity contribution in [2.45, 2.75) is 4.90 Å². The number of hydrogen-bond acceptors (Lipinski definition) is 5. The summed E-state index contributed by atoms with van der Waals surface area (Å²) in [5.41, 5.74) is -0.532. The van der Waals surface area contributed by atoms with Crippen LogP contribution in [0.2, 0.25) is 0 Å². The molecule has 0 aliphatic carbocycles. The average molecular weight is 243 g/mol. The molecule has 0 spiro atoms. The van der Waals surface area contributed by atoms with Crippen LogP contribution in [0.15, 0.2) is 23.1 Å². The zero-order valence-electron chi connectivity index (χ0n) is 6.61. The maximum atomic E-state index is 10.6. The van der Waals surface area contributed by atoms with Crippen molar-refractivity contribution in [1.29, 1.82) is 0 Å². The maximum absolute atomic E-state index is 10.6. The Morgan fingerprint density at radius 3 is 2.27 bits per heavy atom. The fraction of sp³-hybridized carbons (Fsp3) is 0. The SMILES string of the molecule is O=[N+]([O-])c1ccc(O)c(S(=O)(=O)O)c1.[NaH]. The van der Waals surface area contributed by atoms with Gasteiger partial charge in [-0.25, -0.2) is 0 Å². The van der Waals surface area contributed by atoms with Gasteiger partial charge in [0, 0.05) is 12.1 Å². The van der Waals surface area contributed by atoms with E-state index < -0.39 is 31.4 Å². The van der Waals surface area contributed by atoms with Gasteiger partial charge in [0.05, 0.1) is 4.92 Å². The van der Waals surface area contributed by atoms with E-state index in [9.17, 15) is 18.5 Å². The van der Waals surface area contributed by atoms with E-state index in [1.54, 1.807) is 0 Å². The van der Waals surface area contributed by atoms with Crippen LogP contribution >= 0.6 is 0 Å².